The maximum absolute atomic E-state index is 12.4. The van der Waals surface area contributed by atoms with E-state index in [-0.39, 0.29) is 12.1 Å². The molecule has 1 saturated carbocycles. The van der Waals surface area contributed by atoms with E-state index < -0.39 is 0 Å². The molecule has 0 aliphatic heterocycles. The molecule has 0 saturated heterocycles. The molecule has 0 aromatic heterocycles. The average molecular weight is 288 g/mol. The lowest BCUT2D eigenvalue weighted by atomic mass is 9.75. The lowest BCUT2D eigenvalue weighted by Crippen LogP contribution is -2.35. The van der Waals surface area contributed by atoms with Crippen LogP contribution in [0.15, 0.2) is 18.2 Å². The van der Waals surface area contributed by atoms with Gasteiger partial charge in [0, 0.05) is 0 Å². The van der Waals surface area contributed by atoms with Crippen molar-refractivity contribution in [3.05, 3.63) is 34.9 Å². The van der Waals surface area contributed by atoms with Crippen LogP contribution in [0, 0.1) is 31.6 Å². The molecule has 1 aliphatic carbocycles. The molecule has 21 heavy (non-hydrogen) atoms. The minimum atomic E-state index is -0.164. The van der Waals surface area contributed by atoms with Gasteiger partial charge in [-0.2, -0.15) is 0 Å². The largest absolute Gasteiger partial charge is 0.458 e. The summed E-state index contributed by atoms with van der Waals surface area (Å²) in [6.07, 6.45) is 3.49. The lowest BCUT2D eigenvalue weighted by Gasteiger charge is -2.36. The highest BCUT2D eigenvalue weighted by atomic mass is 16.5. The Morgan fingerprint density at radius 1 is 1.19 bits per heavy atom. The summed E-state index contributed by atoms with van der Waals surface area (Å²) in [6.45, 7) is 10.8. The summed E-state index contributed by atoms with van der Waals surface area (Å²) in [5, 5.41) is 0. The molecule has 1 aromatic rings. The molecular formula is C19H28O2. The fourth-order valence-corrected chi connectivity index (χ4v) is 3.32. The summed E-state index contributed by atoms with van der Waals surface area (Å²) >= 11 is 0. The summed E-state index contributed by atoms with van der Waals surface area (Å²) in [5.74, 6) is 1.55. The van der Waals surface area contributed by atoms with Crippen molar-refractivity contribution >= 4 is 5.97 Å². The van der Waals surface area contributed by atoms with Crippen molar-refractivity contribution in [3.63, 3.8) is 0 Å². The molecule has 0 bridgehead atoms. The second-order valence-electron chi connectivity index (χ2n) is 7.07. The third kappa shape index (κ3) is 3.87. The van der Waals surface area contributed by atoms with E-state index in [4.69, 9.17) is 4.74 Å². The zero-order chi connectivity index (χ0) is 15.6. The Hall–Kier alpha value is -1.31. The summed E-state index contributed by atoms with van der Waals surface area (Å²) < 4.78 is 5.88. The van der Waals surface area contributed by atoms with Crippen LogP contribution in [0.3, 0.4) is 0 Å². The number of hydrogen-bond acceptors (Lipinski definition) is 2. The smallest absolute Gasteiger partial charge is 0.338 e. The molecule has 2 nitrogen and oxygen atoms in total. The van der Waals surface area contributed by atoms with Gasteiger partial charge in [-0.15, -0.1) is 0 Å². The number of carbonyl (C=O) groups excluding carboxylic acids is 1. The van der Waals surface area contributed by atoms with Gasteiger partial charge in [-0.1, -0.05) is 33.3 Å². The Labute approximate surface area is 128 Å². The molecule has 116 valence electrons. The number of rotatable bonds is 3. The minimum Gasteiger partial charge on any atom is -0.458 e. The van der Waals surface area contributed by atoms with Gasteiger partial charge in [0.05, 0.1) is 5.56 Å². The van der Waals surface area contributed by atoms with Gasteiger partial charge in [-0.3, -0.25) is 0 Å². The molecule has 0 amide bonds. The number of benzene rings is 1. The summed E-state index contributed by atoms with van der Waals surface area (Å²) in [4.78, 5) is 12.4. The normalized spacial score (nSPS) is 25.9. The maximum atomic E-state index is 12.4. The first-order valence-corrected chi connectivity index (χ1v) is 8.16. The lowest BCUT2D eigenvalue weighted by molar-refractivity contribution is -0.0174. The highest BCUT2D eigenvalue weighted by Gasteiger charge is 2.33. The average Bonchev–Trinajstić information content (AvgIpc) is 2.41. The predicted molar refractivity (Wildman–Crippen MR) is 86.5 cm³/mol. The van der Waals surface area contributed by atoms with Crippen molar-refractivity contribution in [2.75, 3.05) is 0 Å². The van der Waals surface area contributed by atoms with Gasteiger partial charge in [0.15, 0.2) is 0 Å². The Bertz CT molecular complexity index is 504. The van der Waals surface area contributed by atoms with E-state index in [1.54, 1.807) is 0 Å². The van der Waals surface area contributed by atoms with Crippen LogP contribution in [0.1, 0.15) is 61.5 Å². The van der Waals surface area contributed by atoms with Crippen molar-refractivity contribution in [1.82, 2.24) is 0 Å². The van der Waals surface area contributed by atoms with Gasteiger partial charge >= 0.3 is 5.97 Å². The number of ether oxygens (including phenoxy) is 1. The van der Waals surface area contributed by atoms with Gasteiger partial charge in [-0.25, -0.2) is 4.79 Å². The first-order chi connectivity index (χ1) is 9.88. The van der Waals surface area contributed by atoms with E-state index in [1.807, 2.05) is 25.1 Å². The standard InChI is InChI=1S/C19H28O2/c1-12(2)17-9-6-13(3)10-18(17)21-19(20)16-8-7-14(4)15(5)11-16/h7-8,11-13,17-18H,6,9-10H2,1-5H3. The summed E-state index contributed by atoms with van der Waals surface area (Å²) in [6, 6.07) is 5.81. The second kappa shape index (κ2) is 6.64. The van der Waals surface area contributed by atoms with Gasteiger partial charge < -0.3 is 4.74 Å². The van der Waals surface area contributed by atoms with Crippen molar-refractivity contribution in [2.24, 2.45) is 17.8 Å². The monoisotopic (exact) mass is 288 g/mol. The Balaban J connectivity index is 2.10. The minimum absolute atomic E-state index is 0.0721. The molecule has 0 heterocycles. The number of hydrogen-bond donors (Lipinski definition) is 0. The first-order valence-electron chi connectivity index (χ1n) is 8.16. The van der Waals surface area contributed by atoms with Crippen molar-refractivity contribution < 1.29 is 9.53 Å². The number of esters is 1. The van der Waals surface area contributed by atoms with E-state index in [0.29, 0.717) is 23.3 Å². The zero-order valence-electron chi connectivity index (χ0n) is 14.0. The Kier molecular flexibility index (Phi) is 5.08. The Morgan fingerprint density at radius 3 is 2.52 bits per heavy atom. The molecule has 1 aliphatic rings. The predicted octanol–water partition coefficient (Wildman–Crippen LogP) is 4.92. The van der Waals surface area contributed by atoms with E-state index >= 15 is 0 Å². The van der Waals surface area contributed by atoms with E-state index in [9.17, 15) is 4.79 Å². The van der Waals surface area contributed by atoms with Gasteiger partial charge in [0.1, 0.15) is 6.10 Å². The quantitative estimate of drug-likeness (QED) is 0.738. The highest BCUT2D eigenvalue weighted by molar-refractivity contribution is 5.89. The molecule has 0 spiro atoms. The molecule has 2 rings (SSSR count). The van der Waals surface area contributed by atoms with Crippen molar-refractivity contribution in [1.29, 1.82) is 0 Å². The molecular weight excluding hydrogens is 260 g/mol. The van der Waals surface area contributed by atoms with E-state index in [1.165, 1.54) is 18.4 Å². The molecule has 3 unspecified atom stereocenters. The SMILES string of the molecule is Cc1ccc(C(=O)OC2CC(C)CCC2C(C)C)cc1C. The van der Waals surface area contributed by atoms with Crippen LogP contribution in [-0.2, 0) is 4.74 Å². The summed E-state index contributed by atoms with van der Waals surface area (Å²) in [7, 11) is 0. The highest BCUT2D eigenvalue weighted by Crippen LogP contribution is 2.35. The molecule has 1 aromatic carbocycles. The van der Waals surface area contributed by atoms with Gasteiger partial charge in [0.25, 0.3) is 0 Å². The fourth-order valence-electron chi connectivity index (χ4n) is 3.32. The number of aryl methyl sites for hydroxylation is 2. The van der Waals surface area contributed by atoms with Crippen LogP contribution < -0.4 is 0 Å². The van der Waals surface area contributed by atoms with Crippen molar-refractivity contribution in [3.8, 4) is 0 Å². The van der Waals surface area contributed by atoms with Crippen molar-refractivity contribution in [2.45, 2.75) is 60.0 Å². The van der Waals surface area contributed by atoms with E-state index in [0.717, 1.165) is 12.0 Å². The molecule has 2 heteroatoms. The van der Waals surface area contributed by atoms with Crippen LogP contribution in [0.2, 0.25) is 0 Å². The maximum Gasteiger partial charge on any atom is 0.338 e. The van der Waals surface area contributed by atoms with Crippen LogP contribution >= 0.6 is 0 Å². The third-order valence-corrected chi connectivity index (χ3v) is 4.96. The Morgan fingerprint density at radius 2 is 1.90 bits per heavy atom. The van der Waals surface area contributed by atoms with Crippen LogP contribution in [0.4, 0.5) is 0 Å². The van der Waals surface area contributed by atoms with Gasteiger partial charge in [0.2, 0.25) is 0 Å². The topological polar surface area (TPSA) is 26.3 Å². The first kappa shape index (κ1) is 16.1. The van der Waals surface area contributed by atoms with Gasteiger partial charge in [-0.05, 0) is 67.7 Å². The molecule has 0 N–H and O–H groups in total. The number of carbonyl (C=O) groups is 1. The molecule has 3 atom stereocenters. The van der Waals surface area contributed by atoms with Crippen LogP contribution in [0.25, 0.3) is 0 Å². The van der Waals surface area contributed by atoms with E-state index in [2.05, 4.69) is 27.7 Å². The molecule has 0 radical (unpaired) electrons. The molecule has 1 fully saturated rings. The van der Waals surface area contributed by atoms with Crippen LogP contribution in [0.5, 0.6) is 0 Å². The fraction of sp³-hybridized carbons (Fsp3) is 0.632. The van der Waals surface area contributed by atoms with Crippen LogP contribution in [-0.4, -0.2) is 12.1 Å². The second-order valence-corrected chi connectivity index (χ2v) is 7.07. The summed E-state index contributed by atoms with van der Waals surface area (Å²) in [5.41, 5.74) is 3.03. The third-order valence-electron chi connectivity index (χ3n) is 4.96. The zero-order valence-corrected chi connectivity index (χ0v) is 14.0.